The van der Waals surface area contributed by atoms with Crippen molar-refractivity contribution in [1.29, 1.82) is 0 Å². The third-order valence-electron chi connectivity index (χ3n) is 4.74. The summed E-state index contributed by atoms with van der Waals surface area (Å²) in [5.74, 6) is 0.705. The Kier molecular flexibility index (Phi) is 7.59. The lowest BCUT2D eigenvalue weighted by Gasteiger charge is -2.20. The Labute approximate surface area is 187 Å². The predicted molar refractivity (Wildman–Crippen MR) is 121 cm³/mol. The lowest BCUT2D eigenvalue weighted by molar-refractivity contribution is 0.199. The van der Waals surface area contributed by atoms with Crippen molar-refractivity contribution < 1.29 is 33.5 Å². The quantitative estimate of drug-likeness (QED) is 0.364. The first-order valence-corrected chi connectivity index (χ1v) is 11.6. The highest BCUT2D eigenvalue weighted by molar-refractivity contribution is 7.49. The summed E-state index contributed by atoms with van der Waals surface area (Å²) in [5.41, 5.74) is 2.03. The average molecular weight is 458 g/mol. The maximum absolute atomic E-state index is 13.6. The Hall–Kier alpha value is -2.83. The van der Waals surface area contributed by atoms with Gasteiger partial charge in [-0.3, -0.25) is 0 Å². The maximum Gasteiger partial charge on any atom is 0.647 e. The standard InChI is InChI=1S/C24H27O7P/c1-16(25)19-4-10-22(11-5-19)29-32(28,30-23-12-6-20(7-13-23)17(2)26)31-24-14-8-21(9-15-24)18(3)27/h4-18,25-27H,1-3H3. The molecule has 170 valence electrons. The molecule has 32 heavy (non-hydrogen) atoms. The summed E-state index contributed by atoms with van der Waals surface area (Å²) < 4.78 is 30.5. The van der Waals surface area contributed by atoms with E-state index in [1.165, 1.54) is 0 Å². The molecular weight excluding hydrogens is 431 g/mol. The van der Waals surface area contributed by atoms with E-state index in [2.05, 4.69) is 0 Å². The summed E-state index contributed by atoms with van der Waals surface area (Å²) >= 11 is 0. The lowest BCUT2D eigenvalue weighted by atomic mass is 10.1. The number of hydrogen-bond acceptors (Lipinski definition) is 7. The summed E-state index contributed by atoms with van der Waals surface area (Å²) in [6.45, 7) is 4.92. The van der Waals surface area contributed by atoms with Crippen molar-refractivity contribution in [2.75, 3.05) is 0 Å². The van der Waals surface area contributed by atoms with E-state index < -0.39 is 26.1 Å². The largest absolute Gasteiger partial charge is 0.647 e. The summed E-state index contributed by atoms with van der Waals surface area (Å²) in [6.07, 6.45) is -1.95. The number of aliphatic hydroxyl groups is 3. The van der Waals surface area contributed by atoms with Crippen molar-refractivity contribution in [3.8, 4) is 17.2 Å². The van der Waals surface area contributed by atoms with Crippen LogP contribution in [-0.2, 0) is 4.57 Å². The highest BCUT2D eigenvalue weighted by Gasteiger charge is 2.33. The lowest BCUT2D eigenvalue weighted by Crippen LogP contribution is -2.08. The van der Waals surface area contributed by atoms with Gasteiger partial charge in [0, 0.05) is 0 Å². The van der Waals surface area contributed by atoms with Crippen LogP contribution < -0.4 is 13.6 Å². The monoisotopic (exact) mass is 458 g/mol. The predicted octanol–water partition coefficient (Wildman–Crippen LogP) is 5.49. The van der Waals surface area contributed by atoms with Gasteiger partial charge < -0.3 is 28.9 Å². The van der Waals surface area contributed by atoms with E-state index in [-0.39, 0.29) is 17.2 Å². The van der Waals surface area contributed by atoms with Crippen molar-refractivity contribution >= 4 is 7.82 Å². The van der Waals surface area contributed by atoms with E-state index in [9.17, 15) is 19.9 Å². The van der Waals surface area contributed by atoms with Crippen LogP contribution in [0.25, 0.3) is 0 Å². The molecule has 0 amide bonds. The minimum absolute atomic E-state index is 0.235. The fraction of sp³-hybridized carbons (Fsp3) is 0.250. The molecule has 3 unspecified atom stereocenters. The van der Waals surface area contributed by atoms with Gasteiger partial charge in [0.1, 0.15) is 17.2 Å². The van der Waals surface area contributed by atoms with Gasteiger partial charge in [-0.25, -0.2) is 0 Å². The third-order valence-corrected chi connectivity index (χ3v) is 6.04. The molecule has 8 heteroatoms. The molecule has 0 fully saturated rings. The van der Waals surface area contributed by atoms with Gasteiger partial charge >= 0.3 is 7.82 Å². The Bertz CT molecular complexity index is 907. The molecule has 3 N–H and O–H groups in total. The first-order chi connectivity index (χ1) is 15.1. The number of benzene rings is 3. The Morgan fingerprint density at radius 3 is 0.938 bits per heavy atom. The summed E-state index contributed by atoms with van der Waals surface area (Å²) in [4.78, 5) is 0. The summed E-state index contributed by atoms with van der Waals surface area (Å²) in [7, 11) is -4.19. The van der Waals surface area contributed by atoms with E-state index in [0.717, 1.165) is 0 Å². The molecule has 0 spiro atoms. The molecule has 3 aromatic carbocycles. The molecule has 0 heterocycles. The number of phosphoric ester groups is 1. The minimum atomic E-state index is -4.19. The van der Waals surface area contributed by atoms with E-state index >= 15 is 0 Å². The van der Waals surface area contributed by atoms with Gasteiger partial charge in [0.15, 0.2) is 0 Å². The zero-order valence-corrected chi connectivity index (χ0v) is 19.0. The number of hydrogen-bond donors (Lipinski definition) is 3. The molecule has 0 aromatic heterocycles. The number of aliphatic hydroxyl groups excluding tert-OH is 3. The minimum Gasteiger partial charge on any atom is -0.389 e. The van der Waals surface area contributed by atoms with Crippen LogP contribution in [0.5, 0.6) is 17.2 Å². The Balaban J connectivity index is 1.87. The van der Waals surface area contributed by atoms with Crippen molar-refractivity contribution in [3.63, 3.8) is 0 Å². The molecule has 3 atom stereocenters. The molecule has 3 aromatic rings. The summed E-state index contributed by atoms with van der Waals surface area (Å²) in [5, 5.41) is 29.0. The van der Waals surface area contributed by atoms with Crippen molar-refractivity contribution in [2.24, 2.45) is 0 Å². The van der Waals surface area contributed by atoms with E-state index in [1.54, 1.807) is 93.6 Å². The van der Waals surface area contributed by atoms with Crippen LogP contribution in [0, 0.1) is 0 Å². The molecule has 0 aliphatic carbocycles. The van der Waals surface area contributed by atoms with Crippen molar-refractivity contribution in [3.05, 3.63) is 89.5 Å². The topological polar surface area (TPSA) is 105 Å². The third kappa shape index (κ3) is 6.34. The zero-order chi connectivity index (χ0) is 23.3. The van der Waals surface area contributed by atoms with Crippen molar-refractivity contribution in [1.82, 2.24) is 0 Å². The molecular formula is C24H27O7P. The van der Waals surface area contributed by atoms with Gasteiger partial charge in [-0.05, 0) is 73.9 Å². The number of rotatable bonds is 9. The summed E-state index contributed by atoms with van der Waals surface area (Å²) in [6, 6.07) is 19.3. The van der Waals surface area contributed by atoms with Gasteiger partial charge in [0.2, 0.25) is 0 Å². The highest BCUT2D eigenvalue weighted by Crippen LogP contribution is 2.50. The second-order valence-electron chi connectivity index (χ2n) is 7.46. The number of phosphoric acid groups is 1. The molecule has 0 aliphatic heterocycles. The molecule has 0 saturated heterocycles. The molecule has 7 nitrogen and oxygen atoms in total. The highest BCUT2D eigenvalue weighted by atomic mass is 31.2. The second-order valence-corrected chi connectivity index (χ2v) is 8.90. The van der Waals surface area contributed by atoms with Gasteiger partial charge in [-0.2, -0.15) is 4.57 Å². The maximum atomic E-state index is 13.6. The first-order valence-electron chi connectivity index (χ1n) is 10.2. The molecule has 0 aliphatic rings. The van der Waals surface area contributed by atoms with Gasteiger partial charge in [0.25, 0.3) is 0 Å². The van der Waals surface area contributed by atoms with Crippen LogP contribution >= 0.6 is 7.82 Å². The van der Waals surface area contributed by atoms with Gasteiger partial charge in [-0.15, -0.1) is 0 Å². The van der Waals surface area contributed by atoms with Gasteiger partial charge in [0.05, 0.1) is 18.3 Å². The van der Waals surface area contributed by atoms with Crippen molar-refractivity contribution in [2.45, 2.75) is 39.1 Å². The fourth-order valence-corrected chi connectivity index (χ4v) is 4.12. The average Bonchev–Trinajstić information content (AvgIpc) is 2.74. The molecule has 0 radical (unpaired) electrons. The molecule has 3 rings (SSSR count). The van der Waals surface area contributed by atoms with E-state index in [0.29, 0.717) is 16.7 Å². The van der Waals surface area contributed by atoms with Crippen LogP contribution in [0.4, 0.5) is 0 Å². The van der Waals surface area contributed by atoms with Crippen LogP contribution in [0.15, 0.2) is 72.8 Å². The Morgan fingerprint density at radius 2 is 0.750 bits per heavy atom. The van der Waals surface area contributed by atoms with Gasteiger partial charge in [-0.1, -0.05) is 36.4 Å². The van der Waals surface area contributed by atoms with Crippen LogP contribution in [0.1, 0.15) is 55.8 Å². The van der Waals surface area contributed by atoms with Crippen LogP contribution in [-0.4, -0.2) is 15.3 Å². The molecule has 0 bridgehead atoms. The van der Waals surface area contributed by atoms with E-state index in [4.69, 9.17) is 13.6 Å². The molecule has 0 saturated carbocycles. The first kappa shape index (κ1) is 23.8. The normalized spacial score (nSPS) is 15.8. The Morgan fingerprint density at radius 1 is 0.531 bits per heavy atom. The van der Waals surface area contributed by atoms with Crippen LogP contribution in [0.2, 0.25) is 0 Å². The fourth-order valence-electron chi connectivity index (χ4n) is 2.86. The SMILES string of the molecule is CC(O)c1ccc(OP(=O)(Oc2ccc(C(C)O)cc2)Oc2ccc(C(C)O)cc2)cc1. The second kappa shape index (κ2) is 10.2. The smallest absolute Gasteiger partial charge is 0.389 e. The van der Waals surface area contributed by atoms with Crippen LogP contribution in [0.3, 0.4) is 0 Å². The zero-order valence-electron chi connectivity index (χ0n) is 18.1. The van der Waals surface area contributed by atoms with E-state index in [1.807, 2.05) is 0 Å².